The quantitative estimate of drug-likeness (QED) is 0.0158. The molecule has 89 heavy (non-hydrogen) atoms. The van der Waals surface area contributed by atoms with E-state index in [-0.39, 0.29) is 146 Å². The van der Waals surface area contributed by atoms with Crippen LogP contribution in [0.25, 0.3) is 10.8 Å². The molecule has 6 rings (SSSR count). The number of fused-ring (bicyclic) bond motifs is 1. The third kappa shape index (κ3) is 24.6. The minimum atomic E-state index is -4.00. The molecule has 29 nitrogen and oxygen atoms in total. The zero-order valence-corrected chi connectivity index (χ0v) is 52.0. The van der Waals surface area contributed by atoms with Crippen molar-refractivity contribution in [2.45, 2.75) is 75.7 Å². The van der Waals surface area contributed by atoms with E-state index in [1.54, 1.807) is 39.0 Å². The smallest absolute Gasteiger partial charge is 0.251 e. The topological polar surface area (TPSA) is 450 Å². The predicted molar refractivity (Wildman–Crippen MR) is 332 cm³/mol. The van der Waals surface area contributed by atoms with E-state index in [9.17, 15) is 77.3 Å². The Morgan fingerprint density at radius 1 is 0.584 bits per heavy atom. The Kier molecular flexibility index (Phi) is 27.2. The van der Waals surface area contributed by atoms with Gasteiger partial charge in [-0.15, -0.1) is 0 Å². The van der Waals surface area contributed by atoms with E-state index in [1.165, 1.54) is 24.3 Å². The summed E-state index contributed by atoms with van der Waals surface area (Å²) in [6.07, 6.45) is -3.62. The minimum Gasteiger partial charge on any atom is -0.508 e. The number of hydrogen-bond donors (Lipinski definition) is 15. The maximum Gasteiger partial charge on any atom is 0.251 e. The van der Waals surface area contributed by atoms with Gasteiger partial charge in [-0.3, -0.25) is 66.9 Å². The molecule has 2 aliphatic heterocycles. The summed E-state index contributed by atoms with van der Waals surface area (Å²) in [4.78, 5) is 137. The molecule has 32 heteroatoms. The largest absolute Gasteiger partial charge is 0.508 e. The molecule has 2 fully saturated rings. The van der Waals surface area contributed by atoms with Gasteiger partial charge >= 0.3 is 0 Å². The number of nitrogens with one attached hydrogen (secondary N) is 7. The van der Waals surface area contributed by atoms with Crippen LogP contribution in [0.15, 0.2) is 96.0 Å². The van der Waals surface area contributed by atoms with Crippen molar-refractivity contribution in [2.24, 2.45) is 16.5 Å². The van der Waals surface area contributed by atoms with Gasteiger partial charge in [0.15, 0.2) is 5.96 Å². The molecule has 0 spiro atoms. The molecule has 4 aromatic carbocycles. The maximum absolute atomic E-state index is 14.4. The van der Waals surface area contributed by atoms with Crippen molar-refractivity contribution in [3.8, 4) is 5.75 Å². The number of aromatic hydroxyl groups is 1. The van der Waals surface area contributed by atoms with Crippen LogP contribution < -0.4 is 48.7 Å². The van der Waals surface area contributed by atoms with Crippen LogP contribution in [0.1, 0.15) is 59.2 Å². The number of aliphatic hydroxyl groups excluding tert-OH is 2. The van der Waals surface area contributed by atoms with Gasteiger partial charge in [0.2, 0.25) is 57.5 Å². The molecule has 3 unspecified atom stereocenters. The number of aliphatic imine (C=N–C) groups is 1. The van der Waals surface area contributed by atoms with Gasteiger partial charge in [0.1, 0.15) is 42.6 Å². The van der Waals surface area contributed by atoms with E-state index >= 15 is 0 Å². The fourth-order valence-electron chi connectivity index (χ4n) is 9.94. The highest BCUT2D eigenvalue weighted by Gasteiger charge is 2.34. The molecule has 0 aromatic heterocycles. The number of phenolic OH excluding ortho intramolecular Hbond substituents is 1. The summed E-state index contributed by atoms with van der Waals surface area (Å²) >= 11 is 0. The third-order valence-corrected chi connectivity index (χ3v) is 19.1. The Labute approximate surface area is 515 Å². The molecule has 0 bridgehead atoms. The standard InChI is InChI=1S/C57H82N13O16P3/c58-57(59)61-21-4-8-47-55(79)67-48(31-41-11-14-42-5-1-2-6-44(42)29-41)53(77)63-33-51(75)64-49(30-39-12-17-45(73)18-13-39)56(80)66-46(54(78)65-47)7-3-20-60-52(76)43-15-9-40(10-16-43)32-62-50(74)19-28-87(81,82)34-68-22-24-69(35-88(83,84)37-71)26-27-70(25-23-68)36-89(85,86)38-72/h1-2,5-6,9-18,29,46-49,71-73H,3-4,7-8,19-28,30-38H2,(H,60,76)(H,62,74)(H,63,77)(H,64,75)(H,65,78)(H,66,80)(H,67,79)(H,81,82)(H,83,84)(H,85,86)(H4,58,59,61)/t46-,47+,48-,49+/m0/s1. The number of benzene rings is 4. The van der Waals surface area contributed by atoms with E-state index in [4.69, 9.17) is 11.5 Å². The summed E-state index contributed by atoms with van der Waals surface area (Å²) in [5.41, 5.74) is 13.1. The van der Waals surface area contributed by atoms with Crippen molar-refractivity contribution in [1.29, 1.82) is 0 Å². The first-order valence-corrected chi connectivity index (χ1v) is 35.1. The van der Waals surface area contributed by atoms with Crippen molar-refractivity contribution in [3.63, 3.8) is 0 Å². The van der Waals surface area contributed by atoms with Crippen molar-refractivity contribution >= 4 is 80.2 Å². The number of nitrogens with two attached hydrogens (primary N) is 2. The summed E-state index contributed by atoms with van der Waals surface area (Å²) in [5, 5.41) is 49.5. The summed E-state index contributed by atoms with van der Waals surface area (Å²) in [6, 6.07) is 20.1. The lowest BCUT2D eigenvalue weighted by atomic mass is 10.0. The maximum atomic E-state index is 14.4. The summed E-state index contributed by atoms with van der Waals surface area (Å²) in [7, 11) is -11.9. The van der Waals surface area contributed by atoms with Gasteiger partial charge in [0.25, 0.3) is 5.91 Å². The van der Waals surface area contributed by atoms with Crippen LogP contribution in [0.2, 0.25) is 0 Å². The van der Waals surface area contributed by atoms with Gasteiger partial charge in [0, 0.05) is 89.9 Å². The number of rotatable bonds is 26. The van der Waals surface area contributed by atoms with Crippen LogP contribution in [0.3, 0.4) is 0 Å². The van der Waals surface area contributed by atoms with Crippen LogP contribution >= 0.6 is 22.1 Å². The number of aliphatic hydroxyl groups is 2. The molecule has 2 heterocycles. The fraction of sp³-hybridized carbons (Fsp3) is 0.474. The fourth-order valence-corrected chi connectivity index (χ4v) is 13.5. The van der Waals surface area contributed by atoms with Crippen LogP contribution in [0.4, 0.5) is 0 Å². The number of nitrogens with zero attached hydrogens (tertiary/aromatic N) is 4. The first-order valence-electron chi connectivity index (χ1n) is 29.0. The monoisotopic (exact) mass is 1300 g/mol. The molecular weight excluding hydrogens is 1220 g/mol. The summed E-state index contributed by atoms with van der Waals surface area (Å²) in [5.74, 6) is -5.07. The predicted octanol–water partition coefficient (Wildman–Crippen LogP) is -0.827. The van der Waals surface area contributed by atoms with E-state index in [1.807, 2.05) is 42.5 Å². The lowest BCUT2D eigenvalue weighted by Crippen LogP contribution is -2.58. The zero-order valence-electron chi connectivity index (χ0n) is 49.3. The molecule has 7 atom stereocenters. The molecule has 0 saturated carbocycles. The summed E-state index contributed by atoms with van der Waals surface area (Å²) in [6.45, 7) is 0.539. The van der Waals surface area contributed by atoms with Gasteiger partial charge in [-0.05, 0) is 77.4 Å². The molecule has 486 valence electrons. The number of amides is 7. The number of carbonyl (C=O) groups excluding carboxylic acids is 7. The molecule has 17 N–H and O–H groups in total. The number of guanidine groups is 1. The van der Waals surface area contributed by atoms with E-state index in [0.717, 1.165) is 10.8 Å². The molecule has 7 amide bonds. The Balaban J connectivity index is 1.07. The van der Waals surface area contributed by atoms with Crippen LogP contribution in [-0.4, -0.2) is 213 Å². The highest BCUT2D eigenvalue weighted by atomic mass is 31.2. The Morgan fingerprint density at radius 3 is 1.65 bits per heavy atom. The van der Waals surface area contributed by atoms with Crippen molar-refractivity contribution < 1.29 is 77.3 Å². The van der Waals surface area contributed by atoms with Crippen LogP contribution in [-0.2, 0) is 61.8 Å². The molecule has 0 aliphatic carbocycles. The molecular formula is C57H82N13O16P3. The normalized spacial score (nSPS) is 21.0. The average molecular weight is 1300 g/mol. The number of carbonyl (C=O) groups is 7. The van der Waals surface area contributed by atoms with Gasteiger partial charge in [0.05, 0.1) is 25.4 Å². The van der Waals surface area contributed by atoms with Gasteiger partial charge in [-0.25, -0.2) is 0 Å². The van der Waals surface area contributed by atoms with Crippen molar-refractivity contribution in [3.05, 3.63) is 113 Å². The Hall–Kier alpha value is -7.13. The lowest BCUT2D eigenvalue weighted by molar-refractivity contribution is -0.134. The van der Waals surface area contributed by atoms with Crippen molar-refractivity contribution in [1.82, 2.24) is 51.9 Å². The van der Waals surface area contributed by atoms with Gasteiger partial charge in [-0.1, -0.05) is 66.7 Å². The SMILES string of the molecule is NC(N)=NCCC[C@H]1NC(=O)[C@H](CCCNC(=O)c2ccc(CNC(=O)CCP(=O)(O)CN3CCN(CP(=O)(O)CO)CCN(CP(=O)(O)CO)CC3)cc2)NC(=O)[C@@H](Cc2ccc(O)cc2)NC(=O)CNC(=O)[C@H](Cc2ccc3ccccc3c2)NC1=O. The third-order valence-electron chi connectivity index (χ3n) is 14.8. The first kappa shape index (κ1) is 71.0. The zero-order chi connectivity index (χ0) is 64.7. The van der Waals surface area contributed by atoms with Gasteiger partial charge in [-0.2, -0.15) is 0 Å². The minimum absolute atomic E-state index is 0.00493. The summed E-state index contributed by atoms with van der Waals surface area (Å²) < 4.78 is 38.2. The van der Waals surface area contributed by atoms with E-state index in [2.05, 4.69) is 42.2 Å². The average Bonchev–Trinajstić information content (AvgIpc) is 3.87. The highest BCUT2D eigenvalue weighted by Crippen LogP contribution is 2.43. The Bertz CT molecular complexity index is 3230. The van der Waals surface area contributed by atoms with E-state index < -0.39 is 107 Å². The van der Waals surface area contributed by atoms with Crippen LogP contribution in [0.5, 0.6) is 5.75 Å². The lowest BCUT2D eigenvalue weighted by Gasteiger charge is -2.28. The molecule has 2 aliphatic rings. The second-order valence-electron chi connectivity index (χ2n) is 22.2. The molecule has 0 radical (unpaired) electrons. The van der Waals surface area contributed by atoms with E-state index in [0.29, 0.717) is 16.7 Å². The molecule has 2 saturated heterocycles. The first-order chi connectivity index (χ1) is 42.3. The van der Waals surface area contributed by atoms with Crippen molar-refractivity contribution in [2.75, 3.05) is 96.6 Å². The number of hydrogen-bond acceptors (Lipinski definition) is 17. The number of phenols is 1. The second-order valence-corrected chi connectivity index (χ2v) is 29.1. The Morgan fingerprint density at radius 2 is 1.08 bits per heavy atom. The van der Waals surface area contributed by atoms with Gasteiger partial charge < -0.3 is 78.7 Å². The van der Waals surface area contributed by atoms with Crippen LogP contribution in [0, 0.1) is 0 Å². The highest BCUT2D eigenvalue weighted by molar-refractivity contribution is 7.58. The second kappa shape index (κ2) is 34.2. The molecule has 4 aromatic rings.